The molecule has 0 heterocycles. The number of hydrazine groups is 1. The van der Waals surface area contributed by atoms with Crippen LogP contribution in [0.4, 0.5) is 0 Å². The number of rotatable bonds is 3. The van der Waals surface area contributed by atoms with E-state index >= 15 is 0 Å². The lowest BCUT2D eigenvalue weighted by molar-refractivity contribution is 0.152. The number of benzene rings is 1. The smallest absolute Gasteiger partial charge is 0.0564 e. The molecule has 20 heavy (non-hydrogen) atoms. The van der Waals surface area contributed by atoms with Gasteiger partial charge in [0.2, 0.25) is 0 Å². The molecule has 0 saturated heterocycles. The van der Waals surface area contributed by atoms with Gasteiger partial charge in [0.05, 0.1) is 5.70 Å². The van der Waals surface area contributed by atoms with Crippen LogP contribution in [0.3, 0.4) is 0 Å². The first kappa shape index (κ1) is 14.9. The number of aryl methyl sites for hydroxylation is 1. The molecule has 110 valence electrons. The largest absolute Gasteiger partial charge is 0.397 e. The summed E-state index contributed by atoms with van der Waals surface area (Å²) in [6.07, 6.45) is 5.50. The lowest BCUT2D eigenvalue weighted by atomic mass is 9.80. The van der Waals surface area contributed by atoms with E-state index < -0.39 is 0 Å². The summed E-state index contributed by atoms with van der Waals surface area (Å²) in [5.41, 5.74) is 9.17. The Hall–Kier alpha value is -1.48. The molecule has 3 heteroatoms. The number of hydrogen-bond donors (Lipinski definition) is 2. The fourth-order valence-electron chi connectivity index (χ4n) is 3.31. The van der Waals surface area contributed by atoms with Gasteiger partial charge in [-0.1, -0.05) is 37.6 Å². The molecule has 0 aliphatic heterocycles. The van der Waals surface area contributed by atoms with Gasteiger partial charge < -0.3 is 10.7 Å². The Labute approximate surface area is 122 Å². The van der Waals surface area contributed by atoms with E-state index in [2.05, 4.69) is 32.9 Å². The predicted octanol–water partition coefficient (Wildman–Crippen LogP) is 3.25. The molecule has 1 fully saturated rings. The van der Waals surface area contributed by atoms with Gasteiger partial charge in [0.15, 0.2) is 0 Å². The maximum Gasteiger partial charge on any atom is 0.0564 e. The number of nitrogens with two attached hydrogens (primary N) is 2. The minimum Gasteiger partial charge on any atom is -0.397 e. The van der Waals surface area contributed by atoms with Gasteiger partial charge in [-0.3, -0.25) is 0 Å². The molecule has 1 saturated carbocycles. The minimum absolute atomic E-state index is 0.400. The average Bonchev–Trinajstić information content (AvgIpc) is 2.37. The molecule has 2 unspecified atom stereocenters. The quantitative estimate of drug-likeness (QED) is 0.656. The molecule has 0 spiro atoms. The second kappa shape index (κ2) is 6.31. The van der Waals surface area contributed by atoms with Crippen molar-refractivity contribution in [1.29, 1.82) is 0 Å². The summed E-state index contributed by atoms with van der Waals surface area (Å²) < 4.78 is 0. The van der Waals surface area contributed by atoms with E-state index in [1.807, 2.05) is 23.3 Å². The van der Waals surface area contributed by atoms with Crippen LogP contribution in [-0.2, 0) is 0 Å². The highest BCUT2D eigenvalue weighted by atomic mass is 15.4. The third-order valence-electron chi connectivity index (χ3n) is 4.21. The maximum atomic E-state index is 6.23. The van der Waals surface area contributed by atoms with Gasteiger partial charge in [-0.15, -0.1) is 0 Å². The molecule has 3 nitrogen and oxygen atoms in total. The number of nitrogens with zero attached hydrogens (tertiary/aromatic N) is 1. The molecule has 1 aromatic carbocycles. The first-order valence-electron chi connectivity index (χ1n) is 7.53. The lowest BCUT2D eigenvalue weighted by Crippen LogP contribution is -2.41. The summed E-state index contributed by atoms with van der Waals surface area (Å²) in [7, 11) is 0. The van der Waals surface area contributed by atoms with E-state index in [0.29, 0.717) is 6.04 Å². The summed E-state index contributed by atoms with van der Waals surface area (Å²) in [6, 6.07) is 8.61. The highest BCUT2D eigenvalue weighted by Crippen LogP contribution is 2.31. The topological polar surface area (TPSA) is 55.3 Å². The van der Waals surface area contributed by atoms with Crippen LogP contribution in [0.2, 0.25) is 0 Å². The van der Waals surface area contributed by atoms with E-state index in [1.54, 1.807) is 0 Å². The monoisotopic (exact) mass is 273 g/mol. The van der Waals surface area contributed by atoms with E-state index in [4.69, 9.17) is 11.6 Å². The van der Waals surface area contributed by atoms with Gasteiger partial charge >= 0.3 is 0 Å². The van der Waals surface area contributed by atoms with Crippen LogP contribution in [0.25, 0.3) is 5.70 Å². The van der Waals surface area contributed by atoms with Crippen molar-refractivity contribution < 1.29 is 0 Å². The van der Waals surface area contributed by atoms with E-state index in [-0.39, 0.29) is 0 Å². The Bertz CT molecular complexity index is 471. The van der Waals surface area contributed by atoms with Crippen molar-refractivity contribution in [2.24, 2.45) is 23.4 Å². The van der Waals surface area contributed by atoms with Crippen molar-refractivity contribution in [2.75, 3.05) is 0 Å². The first-order valence-corrected chi connectivity index (χ1v) is 7.53. The molecule has 1 aromatic rings. The molecule has 4 N–H and O–H groups in total. The van der Waals surface area contributed by atoms with Gasteiger partial charge in [-0.05, 0) is 49.7 Å². The zero-order valence-electron chi connectivity index (χ0n) is 12.8. The second-order valence-electron chi connectivity index (χ2n) is 6.47. The van der Waals surface area contributed by atoms with Crippen LogP contribution >= 0.6 is 0 Å². The van der Waals surface area contributed by atoms with Gasteiger partial charge in [0.1, 0.15) is 0 Å². The molecule has 1 aliphatic rings. The Morgan fingerprint density at radius 1 is 1.20 bits per heavy atom. The molecular weight excluding hydrogens is 246 g/mol. The van der Waals surface area contributed by atoms with E-state index in [9.17, 15) is 0 Å². The van der Waals surface area contributed by atoms with Gasteiger partial charge in [-0.25, -0.2) is 5.84 Å². The molecule has 0 bridgehead atoms. The van der Waals surface area contributed by atoms with Crippen LogP contribution in [0.15, 0.2) is 30.5 Å². The molecule has 0 amide bonds. The molecule has 0 aromatic heterocycles. The Balaban J connectivity index is 2.09. The molecule has 2 rings (SSSR count). The first-order chi connectivity index (χ1) is 9.45. The Kier molecular flexibility index (Phi) is 4.71. The van der Waals surface area contributed by atoms with Crippen LogP contribution < -0.4 is 11.6 Å². The van der Waals surface area contributed by atoms with Gasteiger partial charge in [0.25, 0.3) is 0 Å². The van der Waals surface area contributed by atoms with Crippen LogP contribution in [0, 0.1) is 18.8 Å². The van der Waals surface area contributed by atoms with Crippen LogP contribution in [-0.4, -0.2) is 11.1 Å². The predicted molar refractivity (Wildman–Crippen MR) is 85.3 cm³/mol. The van der Waals surface area contributed by atoms with Crippen molar-refractivity contribution >= 4 is 5.70 Å². The average molecular weight is 273 g/mol. The second-order valence-corrected chi connectivity index (χ2v) is 6.47. The third kappa shape index (κ3) is 3.76. The van der Waals surface area contributed by atoms with E-state index in [0.717, 1.165) is 35.9 Å². The van der Waals surface area contributed by atoms with Crippen molar-refractivity contribution in [2.45, 2.75) is 46.1 Å². The van der Waals surface area contributed by atoms with Gasteiger partial charge in [-0.2, -0.15) is 0 Å². The summed E-state index contributed by atoms with van der Waals surface area (Å²) in [4.78, 5) is 0. The summed E-state index contributed by atoms with van der Waals surface area (Å²) in [5.74, 6) is 7.70. The highest BCUT2D eigenvalue weighted by Gasteiger charge is 2.26. The Morgan fingerprint density at radius 2 is 1.85 bits per heavy atom. The van der Waals surface area contributed by atoms with Crippen molar-refractivity contribution in [3.05, 3.63) is 41.6 Å². The fraction of sp³-hybridized carbons (Fsp3) is 0.529. The minimum atomic E-state index is 0.400. The highest BCUT2D eigenvalue weighted by molar-refractivity contribution is 5.62. The summed E-state index contributed by atoms with van der Waals surface area (Å²) in [5, 5.41) is 1.82. The summed E-state index contributed by atoms with van der Waals surface area (Å²) in [6.45, 7) is 6.69. The molecule has 1 aliphatic carbocycles. The normalized spacial score (nSPS) is 27.4. The standard InChI is InChI=1S/C17H27N3/c1-12-5-4-6-15(8-12)17(18)11-20(19)16-9-13(2)7-14(3)10-16/h4-6,8,11,13-14,16H,7,9-10,18-19H2,1-3H3/b17-11-. The van der Waals surface area contributed by atoms with E-state index in [1.165, 1.54) is 12.0 Å². The SMILES string of the molecule is Cc1cccc(/C(N)=C/N(N)C2CC(C)CC(C)C2)c1. The molecular formula is C17H27N3. The molecule has 2 atom stereocenters. The van der Waals surface area contributed by atoms with Gasteiger partial charge in [0, 0.05) is 12.2 Å². The maximum absolute atomic E-state index is 6.23. The molecule has 0 radical (unpaired) electrons. The lowest BCUT2D eigenvalue weighted by Gasteiger charge is -2.36. The van der Waals surface area contributed by atoms with Crippen molar-refractivity contribution in [3.63, 3.8) is 0 Å². The fourth-order valence-corrected chi connectivity index (χ4v) is 3.31. The van der Waals surface area contributed by atoms with Crippen molar-refractivity contribution in [3.8, 4) is 0 Å². The zero-order valence-corrected chi connectivity index (χ0v) is 12.8. The third-order valence-corrected chi connectivity index (χ3v) is 4.21. The number of hydrogen-bond acceptors (Lipinski definition) is 3. The Morgan fingerprint density at radius 3 is 2.45 bits per heavy atom. The van der Waals surface area contributed by atoms with Crippen LogP contribution in [0.5, 0.6) is 0 Å². The summed E-state index contributed by atoms with van der Waals surface area (Å²) >= 11 is 0. The van der Waals surface area contributed by atoms with Crippen molar-refractivity contribution in [1.82, 2.24) is 5.01 Å². The zero-order chi connectivity index (χ0) is 14.7. The van der Waals surface area contributed by atoms with Crippen LogP contribution in [0.1, 0.15) is 44.2 Å².